The zero-order valence-corrected chi connectivity index (χ0v) is 17.4. The van der Waals surface area contributed by atoms with Gasteiger partial charge in [0.1, 0.15) is 5.75 Å². The van der Waals surface area contributed by atoms with Crippen molar-refractivity contribution in [3.63, 3.8) is 0 Å². The maximum Gasteiger partial charge on any atom is 0.191 e. The molecule has 1 aromatic rings. The maximum absolute atomic E-state index is 5.60. The Morgan fingerprint density at radius 2 is 2.00 bits per heavy atom. The van der Waals surface area contributed by atoms with Gasteiger partial charge in [-0.1, -0.05) is 25.0 Å². The van der Waals surface area contributed by atoms with Crippen molar-refractivity contribution in [2.75, 3.05) is 32.8 Å². The van der Waals surface area contributed by atoms with Gasteiger partial charge in [-0.25, -0.2) is 0 Å². The highest BCUT2D eigenvalue weighted by Crippen LogP contribution is 2.27. The van der Waals surface area contributed by atoms with Gasteiger partial charge in [0, 0.05) is 44.7 Å². The van der Waals surface area contributed by atoms with Crippen LogP contribution in [-0.2, 0) is 12.8 Å². The van der Waals surface area contributed by atoms with E-state index in [9.17, 15) is 0 Å². The predicted molar refractivity (Wildman–Crippen MR) is 115 cm³/mol. The molecule has 1 saturated carbocycles. The van der Waals surface area contributed by atoms with E-state index in [4.69, 9.17) is 9.73 Å². The SMILES string of the molecule is CCNC(=NCCc1ccc2c(c1)CCO2)NC1CCN(C2CCCC2)CC1. The molecule has 2 heterocycles. The minimum atomic E-state index is 0.549. The Morgan fingerprint density at radius 1 is 1.18 bits per heavy atom. The van der Waals surface area contributed by atoms with Gasteiger partial charge in [0.15, 0.2) is 5.96 Å². The normalized spacial score (nSPS) is 21.5. The van der Waals surface area contributed by atoms with Crippen molar-refractivity contribution >= 4 is 5.96 Å². The molecule has 4 rings (SSSR count). The van der Waals surface area contributed by atoms with Crippen LogP contribution in [0.2, 0.25) is 0 Å². The van der Waals surface area contributed by atoms with E-state index in [1.165, 1.54) is 62.7 Å². The van der Waals surface area contributed by atoms with Crippen molar-refractivity contribution in [1.29, 1.82) is 0 Å². The van der Waals surface area contributed by atoms with Crippen LogP contribution in [0, 0.1) is 0 Å². The quantitative estimate of drug-likeness (QED) is 0.584. The molecule has 2 N–H and O–H groups in total. The lowest BCUT2D eigenvalue weighted by atomic mass is 10.0. The van der Waals surface area contributed by atoms with Crippen LogP contribution >= 0.6 is 0 Å². The molecule has 0 atom stereocenters. The minimum absolute atomic E-state index is 0.549. The zero-order chi connectivity index (χ0) is 19.2. The van der Waals surface area contributed by atoms with Crippen LogP contribution in [0.25, 0.3) is 0 Å². The van der Waals surface area contributed by atoms with Crippen molar-refractivity contribution in [2.45, 2.75) is 70.4 Å². The van der Waals surface area contributed by atoms with Crippen LogP contribution in [0.3, 0.4) is 0 Å². The third kappa shape index (κ3) is 4.99. The summed E-state index contributed by atoms with van der Waals surface area (Å²) in [6.45, 7) is 7.15. The molecule has 154 valence electrons. The van der Waals surface area contributed by atoms with Crippen LogP contribution in [0.15, 0.2) is 23.2 Å². The number of rotatable bonds is 6. The van der Waals surface area contributed by atoms with Gasteiger partial charge in [-0.05, 0) is 56.2 Å². The van der Waals surface area contributed by atoms with Crippen molar-refractivity contribution in [3.05, 3.63) is 29.3 Å². The number of hydrogen-bond acceptors (Lipinski definition) is 3. The first-order valence-corrected chi connectivity index (χ1v) is 11.4. The molecule has 0 spiro atoms. The van der Waals surface area contributed by atoms with Gasteiger partial charge in [0.25, 0.3) is 0 Å². The fourth-order valence-corrected chi connectivity index (χ4v) is 4.88. The molecule has 0 unspecified atom stereocenters. The van der Waals surface area contributed by atoms with E-state index in [1.54, 1.807) is 0 Å². The molecule has 0 radical (unpaired) electrons. The van der Waals surface area contributed by atoms with Gasteiger partial charge < -0.3 is 20.3 Å². The summed E-state index contributed by atoms with van der Waals surface area (Å²) in [6, 6.07) is 7.99. The number of piperidine rings is 1. The second-order valence-electron chi connectivity index (χ2n) is 8.44. The molecule has 5 nitrogen and oxygen atoms in total. The molecular formula is C23H36N4O. The molecular weight excluding hydrogens is 348 g/mol. The second kappa shape index (κ2) is 9.64. The van der Waals surface area contributed by atoms with Crippen molar-refractivity contribution < 1.29 is 4.74 Å². The van der Waals surface area contributed by atoms with Crippen molar-refractivity contribution in [3.8, 4) is 5.75 Å². The van der Waals surface area contributed by atoms with E-state index >= 15 is 0 Å². The number of ether oxygens (including phenoxy) is 1. The Hall–Kier alpha value is -1.75. The highest BCUT2D eigenvalue weighted by atomic mass is 16.5. The van der Waals surface area contributed by atoms with Crippen LogP contribution in [0.4, 0.5) is 0 Å². The monoisotopic (exact) mass is 384 g/mol. The first-order chi connectivity index (χ1) is 13.8. The number of guanidine groups is 1. The smallest absolute Gasteiger partial charge is 0.191 e. The molecule has 2 fully saturated rings. The van der Waals surface area contributed by atoms with Crippen molar-refractivity contribution in [2.24, 2.45) is 4.99 Å². The van der Waals surface area contributed by atoms with Gasteiger partial charge in [0.05, 0.1) is 6.61 Å². The molecule has 0 bridgehead atoms. The number of nitrogens with zero attached hydrogens (tertiary/aromatic N) is 2. The summed E-state index contributed by atoms with van der Waals surface area (Å²) in [7, 11) is 0. The Morgan fingerprint density at radius 3 is 2.79 bits per heavy atom. The Bertz CT molecular complexity index is 661. The summed E-state index contributed by atoms with van der Waals surface area (Å²) in [4.78, 5) is 7.57. The molecule has 3 aliphatic rings. The van der Waals surface area contributed by atoms with E-state index in [0.29, 0.717) is 6.04 Å². The lowest BCUT2D eigenvalue weighted by Crippen LogP contribution is -2.50. The van der Waals surface area contributed by atoms with Crippen LogP contribution in [-0.4, -0.2) is 55.7 Å². The standard InChI is InChI=1S/C23H36N4O/c1-2-24-23(25-13-9-18-7-8-22-19(17-18)12-16-28-22)26-20-10-14-27(15-11-20)21-5-3-4-6-21/h7-8,17,20-21H,2-6,9-16H2,1H3,(H2,24,25,26). The number of benzene rings is 1. The lowest BCUT2D eigenvalue weighted by molar-refractivity contribution is 0.150. The van der Waals surface area contributed by atoms with E-state index in [0.717, 1.165) is 50.3 Å². The second-order valence-corrected chi connectivity index (χ2v) is 8.44. The van der Waals surface area contributed by atoms with Crippen molar-refractivity contribution in [1.82, 2.24) is 15.5 Å². The summed E-state index contributed by atoms with van der Waals surface area (Å²) in [5.74, 6) is 2.04. The fraction of sp³-hybridized carbons (Fsp3) is 0.696. The number of aliphatic imine (C=N–C) groups is 1. The molecule has 28 heavy (non-hydrogen) atoms. The van der Waals surface area contributed by atoms with E-state index in [2.05, 4.69) is 40.7 Å². The number of nitrogens with one attached hydrogen (secondary N) is 2. The number of fused-ring (bicyclic) bond motifs is 1. The Kier molecular flexibility index (Phi) is 6.73. The van der Waals surface area contributed by atoms with Gasteiger partial charge in [-0.3, -0.25) is 4.99 Å². The summed E-state index contributed by atoms with van der Waals surface area (Å²) in [5.41, 5.74) is 2.70. The summed E-state index contributed by atoms with van der Waals surface area (Å²) in [5, 5.41) is 7.12. The first kappa shape index (κ1) is 19.6. The average Bonchev–Trinajstić information content (AvgIpc) is 3.40. The summed E-state index contributed by atoms with van der Waals surface area (Å²) >= 11 is 0. The number of likely N-dealkylation sites (tertiary alicyclic amines) is 1. The summed E-state index contributed by atoms with van der Waals surface area (Å²) in [6.07, 6.45) is 10.2. The van der Waals surface area contributed by atoms with E-state index in [-0.39, 0.29) is 0 Å². The molecule has 1 aliphatic carbocycles. The molecule has 2 aliphatic heterocycles. The molecule has 1 saturated heterocycles. The lowest BCUT2D eigenvalue weighted by Gasteiger charge is -2.36. The average molecular weight is 385 g/mol. The molecule has 1 aromatic carbocycles. The van der Waals surface area contributed by atoms with Gasteiger partial charge in [-0.15, -0.1) is 0 Å². The number of hydrogen-bond donors (Lipinski definition) is 2. The van der Waals surface area contributed by atoms with Crippen LogP contribution < -0.4 is 15.4 Å². The predicted octanol–water partition coefficient (Wildman–Crippen LogP) is 3.13. The highest BCUT2D eigenvalue weighted by Gasteiger charge is 2.27. The van der Waals surface area contributed by atoms with Crippen LogP contribution in [0.5, 0.6) is 5.75 Å². The molecule has 0 amide bonds. The fourth-order valence-electron chi connectivity index (χ4n) is 4.88. The minimum Gasteiger partial charge on any atom is -0.493 e. The van der Waals surface area contributed by atoms with E-state index in [1.807, 2.05) is 0 Å². The van der Waals surface area contributed by atoms with Gasteiger partial charge >= 0.3 is 0 Å². The summed E-state index contributed by atoms with van der Waals surface area (Å²) < 4.78 is 5.60. The Labute approximate surface area is 169 Å². The Balaban J connectivity index is 1.25. The molecule has 5 heteroatoms. The van der Waals surface area contributed by atoms with Crippen LogP contribution in [0.1, 0.15) is 56.6 Å². The van der Waals surface area contributed by atoms with E-state index < -0.39 is 0 Å². The van der Waals surface area contributed by atoms with Gasteiger partial charge in [0.2, 0.25) is 0 Å². The third-order valence-electron chi connectivity index (χ3n) is 6.48. The first-order valence-electron chi connectivity index (χ1n) is 11.4. The highest BCUT2D eigenvalue weighted by molar-refractivity contribution is 5.80. The third-order valence-corrected chi connectivity index (χ3v) is 6.48. The topological polar surface area (TPSA) is 48.9 Å². The largest absolute Gasteiger partial charge is 0.493 e. The van der Waals surface area contributed by atoms with Gasteiger partial charge in [-0.2, -0.15) is 0 Å². The molecule has 0 aromatic heterocycles. The zero-order valence-electron chi connectivity index (χ0n) is 17.4. The maximum atomic E-state index is 5.60.